The average Bonchev–Trinajstić information content (AvgIpc) is 3.81. The van der Waals surface area contributed by atoms with Crippen LogP contribution in [0.25, 0.3) is 22.3 Å². The first-order chi connectivity index (χ1) is 20.6. The maximum atomic E-state index is 13.0. The fourth-order valence-corrected chi connectivity index (χ4v) is 5.76. The quantitative estimate of drug-likeness (QED) is 0.169. The Morgan fingerprint density at radius 3 is 2.69 bits per heavy atom. The molecule has 0 aliphatic heterocycles. The van der Waals surface area contributed by atoms with Crippen LogP contribution in [0.15, 0.2) is 85.6 Å². The van der Waals surface area contributed by atoms with Gasteiger partial charge in [-0.3, -0.25) is 14.0 Å². The molecule has 2 atom stereocenters. The highest BCUT2D eigenvalue weighted by atomic mass is 16.5. The highest BCUT2D eigenvalue weighted by Crippen LogP contribution is 2.37. The Hall–Kier alpha value is -4.97. The van der Waals surface area contributed by atoms with Crippen LogP contribution in [0.3, 0.4) is 0 Å². The van der Waals surface area contributed by atoms with Gasteiger partial charge in [-0.25, -0.2) is 9.97 Å². The summed E-state index contributed by atoms with van der Waals surface area (Å²) in [4.78, 5) is 22.0. The van der Waals surface area contributed by atoms with Crippen molar-refractivity contribution < 1.29 is 14.3 Å². The van der Waals surface area contributed by atoms with E-state index in [1.54, 1.807) is 10.8 Å². The molecule has 1 aliphatic carbocycles. The van der Waals surface area contributed by atoms with Crippen molar-refractivity contribution >= 4 is 17.0 Å². The van der Waals surface area contributed by atoms with Crippen molar-refractivity contribution in [1.82, 2.24) is 24.3 Å². The number of fused-ring (bicyclic) bond motifs is 1. The van der Waals surface area contributed by atoms with Crippen molar-refractivity contribution in [2.45, 2.75) is 57.7 Å². The van der Waals surface area contributed by atoms with E-state index in [9.17, 15) is 10.1 Å². The fourth-order valence-electron chi connectivity index (χ4n) is 5.76. The molecule has 3 heterocycles. The smallest absolute Gasteiger partial charge is 0.314 e. The molecule has 1 saturated carbocycles. The topological polar surface area (TPSA) is 108 Å². The van der Waals surface area contributed by atoms with Gasteiger partial charge in [-0.1, -0.05) is 43.2 Å². The zero-order valence-electron chi connectivity index (χ0n) is 23.5. The lowest BCUT2D eigenvalue weighted by atomic mass is 9.96. The normalized spacial score (nSPS) is 14.9. The Morgan fingerprint density at radius 1 is 1.07 bits per heavy atom. The van der Waals surface area contributed by atoms with E-state index in [4.69, 9.17) is 9.47 Å². The van der Waals surface area contributed by atoms with Crippen molar-refractivity contribution in [3.8, 4) is 28.8 Å². The molecule has 1 unspecified atom stereocenters. The Labute approximate surface area is 244 Å². The van der Waals surface area contributed by atoms with Gasteiger partial charge < -0.3 is 9.47 Å². The Balaban J connectivity index is 1.15. The van der Waals surface area contributed by atoms with Crippen LogP contribution in [0.2, 0.25) is 0 Å². The summed E-state index contributed by atoms with van der Waals surface area (Å²) in [7, 11) is 0. The second-order valence-electron chi connectivity index (χ2n) is 10.7. The molecular weight excluding hydrogens is 528 g/mol. The number of nitrogens with zero attached hydrogens (tertiary/aromatic N) is 6. The van der Waals surface area contributed by atoms with Gasteiger partial charge in [-0.2, -0.15) is 10.4 Å². The molecule has 9 nitrogen and oxygen atoms in total. The molecule has 3 aromatic heterocycles. The number of hydrogen-bond acceptors (Lipinski definition) is 7. The minimum atomic E-state index is -0.483. The van der Waals surface area contributed by atoms with Crippen LogP contribution in [-0.2, 0) is 16.3 Å². The first-order valence-corrected chi connectivity index (χ1v) is 14.3. The fraction of sp³-hybridized carbons (Fsp3) is 0.303. The van der Waals surface area contributed by atoms with Crippen LogP contribution in [-0.4, -0.2) is 30.3 Å². The molecule has 9 heteroatoms. The van der Waals surface area contributed by atoms with Gasteiger partial charge in [0.1, 0.15) is 23.5 Å². The minimum Gasteiger partial charge on any atom is -0.457 e. The molecule has 0 N–H and O–H groups in total. The summed E-state index contributed by atoms with van der Waals surface area (Å²) in [5.74, 6) is 1.03. The lowest BCUT2D eigenvalue weighted by molar-refractivity contribution is -0.148. The van der Waals surface area contributed by atoms with Crippen molar-refractivity contribution in [2.75, 3.05) is 0 Å². The maximum Gasteiger partial charge on any atom is 0.314 e. The van der Waals surface area contributed by atoms with E-state index in [0.717, 1.165) is 40.8 Å². The van der Waals surface area contributed by atoms with Gasteiger partial charge in [0.25, 0.3) is 0 Å². The summed E-state index contributed by atoms with van der Waals surface area (Å²) >= 11 is 0. The number of esters is 1. The zero-order chi connectivity index (χ0) is 28.9. The molecule has 212 valence electrons. The van der Waals surface area contributed by atoms with Crippen LogP contribution < -0.4 is 4.74 Å². The molecule has 6 rings (SSSR count). The number of carbonyl (C=O) groups is 1. The number of benzene rings is 2. The van der Waals surface area contributed by atoms with Crippen molar-refractivity contribution in [1.29, 1.82) is 5.26 Å². The SMILES string of the molecule is CC(C(=O)OCn1ccc2c(-c3cnn([C@H](CC#N)C4CCCC4)c3)ncnc21)c1cccc(Oc2ccccc2)c1. The van der Waals surface area contributed by atoms with E-state index in [1.807, 2.05) is 84.7 Å². The molecule has 0 spiro atoms. The first kappa shape index (κ1) is 27.2. The highest BCUT2D eigenvalue weighted by Gasteiger charge is 2.27. The molecule has 0 saturated heterocycles. The van der Waals surface area contributed by atoms with E-state index < -0.39 is 5.92 Å². The summed E-state index contributed by atoms with van der Waals surface area (Å²) < 4.78 is 15.4. The molecular formula is C33H32N6O3. The van der Waals surface area contributed by atoms with Gasteiger partial charge in [-0.05, 0) is 61.6 Å². The van der Waals surface area contributed by atoms with Crippen molar-refractivity contribution in [3.05, 3.63) is 91.1 Å². The predicted molar refractivity (Wildman–Crippen MR) is 157 cm³/mol. The van der Waals surface area contributed by atoms with E-state index in [-0.39, 0.29) is 18.7 Å². The number of carbonyl (C=O) groups excluding carboxylic acids is 1. The van der Waals surface area contributed by atoms with E-state index in [2.05, 4.69) is 21.1 Å². The number of ether oxygens (including phenoxy) is 2. The summed E-state index contributed by atoms with van der Waals surface area (Å²) in [5, 5.41) is 14.9. The maximum absolute atomic E-state index is 13.0. The van der Waals surface area contributed by atoms with Gasteiger partial charge >= 0.3 is 5.97 Å². The molecule has 1 fully saturated rings. The summed E-state index contributed by atoms with van der Waals surface area (Å²) in [6, 6.07) is 21.3. The number of hydrogen-bond donors (Lipinski definition) is 0. The van der Waals surface area contributed by atoms with Crippen LogP contribution in [0.5, 0.6) is 11.5 Å². The lowest BCUT2D eigenvalue weighted by Crippen LogP contribution is -2.17. The van der Waals surface area contributed by atoms with Gasteiger partial charge in [0.05, 0.1) is 36.3 Å². The first-order valence-electron chi connectivity index (χ1n) is 14.3. The number of nitriles is 1. The van der Waals surface area contributed by atoms with E-state index in [1.165, 1.54) is 19.2 Å². The van der Waals surface area contributed by atoms with E-state index in [0.29, 0.717) is 23.7 Å². The largest absolute Gasteiger partial charge is 0.457 e. The summed E-state index contributed by atoms with van der Waals surface area (Å²) in [6.45, 7) is 1.84. The Morgan fingerprint density at radius 2 is 1.88 bits per heavy atom. The molecule has 0 amide bonds. The average molecular weight is 561 g/mol. The highest BCUT2D eigenvalue weighted by molar-refractivity contribution is 5.90. The minimum absolute atomic E-state index is 0.0223. The number of para-hydroxylation sites is 1. The summed E-state index contributed by atoms with van der Waals surface area (Å²) in [6.07, 6.45) is 12.3. The molecule has 2 aromatic carbocycles. The van der Waals surface area contributed by atoms with Crippen LogP contribution in [0, 0.1) is 17.2 Å². The lowest BCUT2D eigenvalue weighted by Gasteiger charge is -2.21. The monoisotopic (exact) mass is 560 g/mol. The van der Waals surface area contributed by atoms with Gasteiger partial charge in [0.15, 0.2) is 6.73 Å². The van der Waals surface area contributed by atoms with Crippen molar-refractivity contribution in [2.24, 2.45) is 5.92 Å². The van der Waals surface area contributed by atoms with Gasteiger partial charge in [0.2, 0.25) is 0 Å². The number of aromatic nitrogens is 5. The molecule has 0 radical (unpaired) electrons. The Bertz CT molecular complexity index is 1710. The third-order valence-electron chi connectivity index (χ3n) is 8.05. The molecule has 42 heavy (non-hydrogen) atoms. The van der Waals surface area contributed by atoms with Gasteiger partial charge in [-0.15, -0.1) is 0 Å². The molecule has 1 aliphatic rings. The van der Waals surface area contributed by atoms with Gasteiger partial charge in [0, 0.05) is 23.3 Å². The van der Waals surface area contributed by atoms with Crippen molar-refractivity contribution in [3.63, 3.8) is 0 Å². The summed E-state index contributed by atoms with van der Waals surface area (Å²) in [5.41, 5.74) is 3.09. The molecule has 0 bridgehead atoms. The third-order valence-corrected chi connectivity index (χ3v) is 8.05. The third kappa shape index (κ3) is 5.75. The number of rotatable bonds is 10. The van der Waals surface area contributed by atoms with E-state index >= 15 is 0 Å². The predicted octanol–water partition coefficient (Wildman–Crippen LogP) is 7.04. The second-order valence-corrected chi connectivity index (χ2v) is 10.7. The van der Waals surface area contributed by atoms with Crippen LogP contribution in [0.4, 0.5) is 0 Å². The molecule has 5 aromatic rings. The standard InChI is InChI=1S/C33H32N6O3/c1-23(25-10-7-13-28(18-25)42-27-11-3-2-4-12-27)33(40)41-22-38-17-15-29-31(35-21-36-32(29)38)26-19-37-39(20-26)30(14-16-34)24-8-5-6-9-24/h2-4,7,10-13,15,17-21,23-24,30H,5-6,8-9,14,22H2,1H3/t23?,30-/m1/s1. The Kier molecular flexibility index (Phi) is 7.95. The van der Waals surface area contributed by atoms with Crippen LogP contribution >= 0.6 is 0 Å². The zero-order valence-corrected chi connectivity index (χ0v) is 23.5. The van der Waals surface area contributed by atoms with Crippen LogP contribution in [0.1, 0.15) is 56.6 Å². The second kappa shape index (κ2) is 12.3.